The number of rotatable bonds is 13. The standard InChI is InChI=1S/C43H46N4O8S/c1-42(2)32-12-9-10-13-34(32)45(5)36(42)24-30(28-15-17-29(18-16-28)41(51)55-6)25-37-43(3,4)33-26-31(56(52,53)54)19-20-35(33)46(37)23-11-7-8-14-38(48)44-27-47-39(49)21-22-40(47)50/h9-10,12-13,15-22,24-26H,7-8,11,14,23,27H2,1-6H3,(H-,44,48,52,53,54)/p+1. The maximum atomic E-state index is 12.6. The number of unbranched alkanes of at least 4 members (excludes halogenated alkanes) is 2. The Balaban J connectivity index is 1.35. The summed E-state index contributed by atoms with van der Waals surface area (Å²) in [5, 5.41) is 2.64. The molecular weight excluding hydrogens is 733 g/mol. The molecule has 0 saturated heterocycles. The van der Waals surface area contributed by atoms with Crippen molar-refractivity contribution in [3.05, 3.63) is 119 Å². The summed E-state index contributed by atoms with van der Waals surface area (Å²) in [6.45, 7) is 8.78. The van der Waals surface area contributed by atoms with Crippen molar-refractivity contribution in [2.75, 3.05) is 32.3 Å². The Morgan fingerprint density at radius 2 is 1.52 bits per heavy atom. The normalized spacial score (nSPS) is 17.8. The second kappa shape index (κ2) is 15.5. The van der Waals surface area contributed by atoms with Crippen LogP contribution in [0.1, 0.15) is 80.4 Å². The number of fused-ring (bicyclic) bond motifs is 2. The van der Waals surface area contributed by atoms with Gasteiger partial charge in [-0.15, -0.1) is 0 Å². The fourth-order valence-electron chi connectivity index (χ4n) is 7.77. The maximum Gasteiger partial charge on any atom is 0.337 e. The number of esters is 1. The van der Waals surface area contributed by atoms with Crippen molar-refractivity contribution in [2.45, 2.75) is 69.1 Å². The third-order valence-corrected chi connectivity index (χ3v) is 11.8. The Morgan fingerprint density at radius 3 is 2.16 bits per heavy atom. The van der Waals surface area contributed by atoms with Gasteiger partial charge in [-0.3, -0.25) is 23.8 Å². The molecule has 0 atom stereocenters. The van der Waals surface area contributed by atoms with Crippen LogP contribution in [0.3, 0.4) is 0 Å². The second-order valence-corrected chi connectivity index (χ2v) is 16.6. The highest BCUT2D eigenvalue weighted by atomic mass is 32.2. The van der Waals surface area contributed by atoms with Crippen molar-refractivity contribution in [3.8, 4) is 0 Å². The van der Waals surface area contributed by atoms with E-state index >= 15 is 0 Å². The molecule has 0 aromatic heterocycles. The van der Waals surface area contributed by atoms with Crippen LogP contribution >= 0.6 is 0 Å². The minimum Gasteiger partial charge on any atom is -0.465 e. The molecule has 3 aromatic carbocycles. The van der Waals surface area contributed by atoms with E-state index in [0.717, 1.165) is 44.4 Å². The van der Waals surface area contributed by atoms with Gasteiger partial charge in [0.25, 0.3) is 21.9 Å². The van der Waals surface area contributed by atoms with Crippen molar-refractivity contribution in [2.24, 2.45) is 0 Å². The van der Waals surface area contributed by atoms with Gasteiger partial charge in [-0.2, -0.15) is 13.0 Å². The zero-order valence-electron chi connectivity index (χ0n) is 32.5. The van der Waals surface area contributed by atoms with Crippen molar-refractivity contribution < 1.29 is 41.5 Å². The van der Waals surface area contributed by atoms with Gasteiger partial charge in [0, 0.05) is 59.6 Å². The zero-order chi connectivity index (χ0) is 40.6. The highest BCUT2D eigenvalue weighted by Crippen LogP contribution is 2.50. The van der Waals surface area contributed by atoms with Crippen molar-refractivity contribution in [3.63, 3.8) is 0 Å². The highest BCUT2D eigenvalue weighted by Gasteiger charge is 2.44. The number of benzene rings is 3. The first kappa shape index (κ1) is 40.0. The Labute approximate surface area is 327 Å². The number of anilines is 1. The number of hydrogen-bond acceptors (Lipinski definition) is 8. The first-order valence-electron chi connectivity index (χ1n) is 18.5. The van der Waals surface area contributed by atoms with E-state index < -0.39 is 33.3 Å². The number of methoxy groups -OCH3 is 1. The van der Waals surface area contributed by atoms with E-state index in [2.05, 4.69) is 52.9 Å². The number of imide groups is 1. The van der Waals surface area contributed by atoms with E-state index in [4.69, 9.17) is 4.74 Å². The SMILES string of the molecule is COC(=O)c1ccc(C(=C\C2=[N+](C)c3ccccc3C2(C)C)/C=C2\N(CCCCCC(=O)NCN3C(=O)C=CC3=O)c3ccc(S(=O)(=O)O)cc3C2(C)C)cc1. The summed E-state index contributed by atoms with van der Waals surface area (Å²) >= 11 is 0. The van der Waals surface area contributed by atoms with E-state index in [0.29, 0.717) is 31.4 Å². The molecule has 3 aliphatic rings. The Kier molecular flexibility index (Phi) is 11.1. The molecule has 3 amide bonds. The fourth-order valence-corrected chi connectivity index (χ4v) is 8.28. The van der Waals surface area contributed by atoms with E-state index in [1.165, 1.54) is 37.0 Å². The molecule has 12 nitrogen and oxygen atoms in total. The molecule has 3 aliphatic heterocycles. The zero-order valence-corrected chi connectivity index (χ0v) is 33.3. The van der Waals surface area contributed by atoms with Crippen LogP contribution in [-0.2, 0) is 40.1 Å². The monoisotopic (exact) mass is 779 g/mol. The average molecular weight is 780 g/mol. The number of allylic oxidation sites excluding steroid dienone is 4. The van der Waals surface area contributed by atoms with E-state index in [1.807, 2.05) is 45.2 Å². The molecule has 0 aliphatic carbocycles. The Bertz CT molecular complexity index is 2340. The van der Waals surface area contributed by atoms with Crippen LogP contribution in [-0.4, -0.2) is 79.2 Å². The molecule has 3 heterocycles. The topological polar surface area (TPSA) is 153 Å². The molecule has 0 bridgehead atoms. The van der Waals surface area contributed by atoms with Gasteiger partial charge in [0.2, 0.25) is 11.6 Å². The molecule has 2 N–H and O–H groups in total. The van der Waals surface area contributed by atoms with Gasteiger partial charge in [0.15, 0.2) is 5.71 Å². The highest BCUT2D eigenvalue weighted by molar-refractivity contribution is 7.85. The van der Waals surface area contributed by atoms with E-state index in [9.17, 15) is 32.1 Å². The minimum atomic E-state index is -4.48. The van der Waals surface area contributed by atoms with Gasteiger partial charge in [-0.1, -0.05) is 50.6 Å². The molecule has 0 radical (unpaired) electrons. The van der Waals surface area contributed by atoms with Crippen LogP contribution in [0.25, 0.3) is 5.57 Å². The smallest absolute Gasteiger partial charge is 0.337 e. The van der Waals surface area contributed by atoms with E-state index in [1.54, 1.807) is 18.2 Å². The number of nitrogens with one attached hydrogen (secondary N) is 1. The number of hydrogen-bond donors (Lipinski definition) is 2. The van der Waals surface area contributed by atoms with Crippen molar-refractivity contribution >= 4 is 56.5 Å². The molecular formula is C43H47N4O8S+. The molecule has 13 heteroatoms. The molecule has 0 saturated carbocycles. The number of carbonyl (C=O) groups excluding carboxylic acids is 4. The summed E-state index contributed by atoms with van der Waals surface area (Å²) in [6, 6.07) is 20.2. The first-order chi connectivity index (χ1) is 26.4. The Hall–Kier alpha value is -5.66. The lowest BCUT2D eigenvalue weighted by atomic mass is 9.79. The third-order valence-electron chi connectivity index (χ3n) is 10.9. The number of nitrogens with zero attached hydrogens (tertiary/aromatic N) is 3. The number of para-hydroxylation sites is 1. The number of ether oxygens (including phenoxy) is 1. The number of carbonyl (C=O) groups is 4. The van der Waals surface area contributed by atoms with Crippen LogP contribution in [0.5, 0.6) is 0 Å². The lowest BCUT2D eigenvalue weighted by Crippen LogP contribution is -2.40. The summed E-state index contributed by atoms with van der Waals surface area (Å²) in [6.07, 6.45) is 8.77. The van der Waals surface area contributed by atoms with Crippen LogP contribution in [0.4, 0.5) is 11.4 Å². The summed E-state index contributed by atoms with van der Waals surface area (Å²) in [4.78, 5) is 51.5. The fraction of sp³-hybridized carbons (Fsp3) is 0.326. The van der Waals surface area contributed by atoms with Gasteiger partial charge in [-0.05, 0) is 79.8 Å². The predicted octanol–water partition coefficient (Wildman–Crippen LogP) is 6.05. The Morgan fingerprint density at radius 1 is 0.857 bits per heavy atom. The molecule has 6 rings (SSSR count). The molecule has 3 aromatic rings. The van der Waals surface area contributed by atoms with E-state index in [-0.39, 0.29) is 29.3 Å². The number of amides is 3. The predicted molar refractivity (Wildman–Crippen MR) is 213 cm³/mol. The van der Waals surface area contributed by atoms with Gasteiger partial charge in [0.1, 0.15) is 13.7 Å². The lowest BCUT2D eigenvalue weighted by molar-refractivity contribution is -0.401. The third kappa shape index (κ3) is 7.74. The van der Waals surface area contributed by atoms with Gasteiger partial charge in [0.05, 0.1) is 23.0 Å². The molecule has 56 heavy (non-hydrogen) atoms. The minimum absolute atomic E-state index is 0.178. The van der Waals surface area contributed by atoms with Crippen LogP contribution in [0, 0.1) is 0 Å². The summed E-state index contributed by atoms with van der Waals surface area (Å²) in [7, 11) is -1.09. The molecule has 0 unspecified atom stereocenters. The molecule has 0 fully saturated rings. The lowest BCUT2D eigenvalue weighted by Gasteiger charge is -2.28. The van der Waals surface area contributed by atoms with Crippen LogP contribution in [0.2, 0.25) is 0 Å². The summed E-state index contributed by atoms with van der Waals surface area (Å²) < 4.78 is 41.7. The van der Waals surface area contributed by atoms with Crippen molar-refractivity contribution in [1.82, 2.24) is 10.2 Å². The maximum absolute atomic E-state index is 12.6. The van der Waals surface area contributed by atoms with Crippen LogP contribution in [0.15, 0.2) is 102 Å². The summed E-state index contributed by atoms with van der Waals surface area (Å²) in [5.74, 6) is -1.64. The summed E-state index contributed by atoms with van der Waals surface area (Å²) in [5.41, 5.74) is 6.85. The molecule has 292 valence electrons. The quantitative estimate of drug-likeness (QED) is 0.0694. The second-order valence-electron chi connectivity index (χ2n) is 15.2. The molecule has 0 spiro atoms. The first-order valence-corrected chi connectivity index (χ1v) is 19.9. The van der Waals surface area contributed by atoms with Gasteiger partial charge in [-0.25, -0.2) is 4.79 Å². The van der Waals surface area contributed by atoms with Crippen LogP contribution < -0.4 is 10.2 Å². The average Bonchev–Trinajstić information content (AvgIpc) is 3.67. The van der Waals surface area contributed by atoms with Gasteiger partial charge >= 0.3 is 5.97 Å². The van der Waals surface area contributed by atoms with Crippen molar-refractivity contribution in [1.29, 1.82) is 0 Å². The largest absolute Gasteiger partial charge is 0.465 e. The van der Waals surface area contributed by atoms with Gasteiger partial charge < -0.3 is 15.0 Å².